The lowest BCUT2D eigenvalue weighted by Gasteiger charge is -2.21. The maximum atomic E-state index is 12.1. The highest BCUT2D eigenvalue weighted by molar-refractivity contribution is 5.96. The number of hydrogen-bond acceptors (Lipinski definition) is 4. The van der Waals surface area contributed by atoms with Gasteiger partial charge in [0, 0.05) is 0 Å². The number of nitrogens with one attached hydrogen (secondary N) is 2. The fourth-order valence-electron chi connectivity index (χ4n) is 1.70. The van der Waals surface area contributed by atoms with E-state index in [9.17, 15) is 14.4 Å². The second-order valence-corrected chi connectivity index (χ2v) is 5.13. The largest absolute Gasteiger partial charge is 0.361 e. The first-order valence-corrected chi connectivity index (χ1v) is 6.03. The van der Waals surface area contributed by atoms with E-state index in [1.165, 1.54) is 0 Å². The van der Waals surface area contributed by atoms with Crippen molar-refractivity contribution in [3.63, 3.8) is 0 Å². The summed E-state index contributed by atoms with van der Waals surface area (Å²) >= 11 is 0. The Morgan fingerprint density at radius 2 is 2.06 bits per heavy atom. The molecule has 1 rings (SSSR count). The molecule has 0 bridgehead atoms. The van der Waals surface area contributed by atoms with Crippen LogP contribution in [-0.4, -0.2) is 42.9 Å². The number of ether oxygens (including phenoxy) is 1. The minimum Gasteiger partial charge on any atom is -0.361 e. The molecule has 0 aromatic heterocycles. The molecule has 0 radical (unpaired) electrons. The van der Waals surface area contributed by atoms with Crippen molar-refractivity contribution in [2.75, 3.05) is 13.2 Å². The Balaban J connectivity index is 2.57. The van der Waals surface area contributed by atoms with Crippen molar-refractivity contribution in [1.29, 1.82) is 0 Å². The quantitative estimate of drug-likeness (QED) is 0.458. The molecule has 1 heterocycles. The van der Waals surface area contributed by atoms with E-state index in [0.717, 1.165) is 0 Å². The van der Waals surface area contributed by atoms with Gasteiger partial charge in [-0.25, -0.2) is 0 Å². The average Bonchev–Trinajstić information content (AvgIpc) is 3.03. The van der Waals surface area contributed by atoms with E-state index in [4.69, 9.17) is 4.74 Å². The summed E-state index contributed by atoms with van der Waals surface area (Å²) in [5.74, 6) is -0.193. The van der Waals surface area contributed by atoms with Crippen molar-refractivity contribution in [3.05, 3.63) is 0 Å². The first-order chi connectivity index (χ1) is 8.39. The summed E-state index contributed by atoms with van der Waals surface area (Å²) in [5, 5.41) is 4.90. The molecule has 0 aromatic rings. The van der Waals surface area contributed by atoms with Crippen molar-refractivity contribution in [2.24, 2.45) is 5.92 Å². The van der Waals surface area contributed by atoms with E-state index in [2.05, 4.69) is 10.6 Å². The summed E-state index contributed by atoms with van der Waals surface area (Å²) in [4.78, 5) is 33.8. The molecule has 1 aliphatic rings. The minimum atomic E-state index is -0.745. The van der Waals surface area contributed by atoms with Crippen LogP contribution in [0.15, 0.2) is 0 Å². The van der Waals surface area contributed by atoms with Crippen molar-refractivity contribution in [3.8, 4) is 0 Å². The van der Waals surface area contributed by atoms with Crippen LogP contribution in [0.3, 0.4) is 0 Å². The molecule has 18 heavy (non-hydrogen) atoms. The highest BCUT2D eigenvalue weighted by Gasteiger charge is 2.49. The molecule has 1 saturated heterocycles. The summed E-state index contributed by atoms with van der Waals surface area (Å²) in [6, 6.07) is -0.557. The maximum Gasteiger partial charge on any atom is 0.239 e. The molecule has 0 spiro atoms. The number of Topliss-reactive ketones (excluding diaryl/α,β-unsaturated/α-hetero) is 1. The highest BCUT2D eigenvalue weighted by atomic mass is 16.6. The molecular weight excluding hydrogens is 236 g/mol. The molecule has 1 aliphatic heterocycles. The third-order valence-electron chi connectivity index (χ3n) is 2.80. The van der Waals surface area contributed by atoms with Crippen molar-refractivity contribution < 1.29 is 19.1 Å². The van der Waals surface area contributed by atoms with Crippen molar-refractivity contribution in [1.82, 2.24) is 10.6 Å². The van der Waals surface area contributed by atoms with Gasteiger partial charge in [0.15, 0.2) is 5.78 Å². The molecule has 1 fully saturated rings. The van der Waals surface area contributed by atoms with Crippen LogP contribution in [0.25, 0.3) is 0 Å². The third-order valence-corrected chi connectivity index (χ3v) is 2.80. The molecule has 6 nitrogen and oxygen atoms in total. The number of ketones is 1. The van der Waals surface area contributed by atoms with E-state index < -0.39 is 11.6 Å². The number of carbonyl (C=O) groups is 3. The van der Waals surface area contributed by atoms with E-state index in [0.29, 0.717) is 19.4 Å². The lowest BCUT2D eigenvalue weighted by atomic mass is 9.93. The summed E-state index contributed by atoms with van der Waals surface area (Å²) in [6.45, 7) is 5.96. The smallest absolute Gasteiger partial charge is 0.239 e. The number of rotatable bonds is 8. The standard InChI is InChI=1S/C12H20N2O4/c1-8(2)4-9(11(17)12(3)6-18-12)14-10(16)5-13-7-15/h7-9H,4-6H2,1-3H3,(H,13,15)(H,14,16)/t9-,12+/m0/s1. The molecule has 0 unspecified atom stereocenters. The maximum absolute atomic E-state index is 12.1. The molecule has 6 heteroatoms. The Kier molecular flexibility index (Phi) is 4.84. The van der Waals surface area contributed by atoms with Crippen LogP contribution in [0.2, 0.25) is 0 Å². The van der Waals surface area contributed by atoms with Crippen LogP contribution in [0.5, 0.6) is 0 Å². The summed E-state index contributed by atoms with van der Waals surface area (Å²) in [5.41, 5.74) is -0.745. The predicted molar refractivity (Wildman–Crippen MR) is 64.8 cm³/mol. The average molecular weight is 256 g/mol. The molecule has 0 aliphatic carbocycles. The van der Waals surface area contributed by atoms with Crippen molar-refractivity contribution >= 4 is 18.1 Å². The molecule has 0 saturated carbocycles. The second-order valence-electron chi connectivity index (χ2n) is 5.13. The van der Waals surface area contributed by atoms with Gasteiger partial charge < -0.3 is 15.4 Å². The first-order valence-electron chi connectivity index (χ1n) is 6.03. The fourth-order valence-corrected chi connectivity index (χ4v) is 1.70. The summed E-state index contributed by atoms with van der Waals surface area (Å²) < 4.78 is 5.11. The molecule has 102 valence electrons. The molecule has 2 N–H and O–H groups in total. The van der Waals surface area contributed by atoms with Crippen LogP contribution < -0.4 is 10.6 Å². The van der Waals surface area contributed by atoms with Gasteiger partial charge in [0.05, 0.1) is 19.2 Å². The van der Waals surface area contributed by atoms with Gasteiger partial charge in [0.25, 0.3) is 0 Å². The van der Waals surface area contributed by atoms with Gasteiger partial charge in [0.1, 0.15) is 5.60 Å². The molecule has 2 amide bonds. The highest BCUT2D eigenvalue weighted by Crippen LogP contribution is 2.29. The zero-order valence-electron chi connectivity index (χ0n) is 11.0. The Labute approximate surface area is 106 Å². The fraction of sp³-hybridized carbons (Fsp3) is 0.750. The van der Waals surface area contributed by atoms with Gasteiger partial charge >= 0.3 is 0 Å². The molecule has 2 atom stereocenters. The van der Waals surface area contributed by atoms with Gasteiger partial charge in [-0.1, -0.05) is 13.8 Å². The van der Waals surface area contributed by atoms with E-state index >= 15 is 0 Å². The molecule has 0 aromatic carbocycles. The van der Waals surface area contributed by atoms with E-state index in [1.54, 1.807) is 6.92 Å². The van der Waals surface area contributed by atoms with Crippen LogP contribution in [-0.2, 0) is 19.1 Å². The summed E-state index contributed by atoms with van der Waals surface area (Å²) in [6.07, 6.45) is 1.01. The molecular formula is C12H20N2O4. The van der Waals surface area contributed by atoms with E-state index in [1.807, 2.05) is 13.8 Å². The monoisotopic (exact) mass is 256 g/mol. The van der Waals surface area contributed by atoms with Gasteiger partial charge in [-0.15, -0.1) is 0 Å². The van der Waals surface area contributed by atoms with Gasteiger partial charge in [0.2, 0.25) is 12.3 Å². The normalized spacial score (nSPS) is 23.3. The van der Waals surface area contributed by atoms with Crippen molar-refractivity contribution in [2.45, 2.75) is 38.8 Å². The third kappa shape index (κ3) is 4.10. The number of epoxide rings is 1. The number of hydrogen-bond donors (Lipinski definition) is 2. The number of carbonyl (C=O) groups excluding carboxylic acids is 3. The Morgan fingerprint density at radius 1 is 1.44 bits per heavy atom. The second kappa shape index (κ2) is 5.95. The van der Waals surface area contributed by atoms with E-state index in [-0.39, 0.29) is 24.2 Å². The Morgan fingerprint density at radius 3 is 2.50 bits per heavy atom. The summed E-state index contributed by atoms with van der Waals surface area (Å²) in [7, 11) is 0. The Bertz CT molecular complexity index is 337. The SMILES string of the molecule is CC(C)C[C@H](NC(=O)CNC=O)C(=O)[C@@]1(C)CO1. The van der Waals surface area contributed by atoms with Crippen LogP contribution in [0.4, 0.5) is 0 Å². The van der Waals surface area contributed by atoms with Gasteiger partial charge in [-0.3, -0.25) is 14.4 Å². The van der Waals surface area contributed by atoms with Gasteiger partial charge in [-0.05, 0) is 19.3 Å². The Hall–Kier alpha value is -1.43. The topological polar surface area (TPSA) is 87.8 Å². The zero-order chi connectivity index (χ0) is 13.8. The zero-order valence-corrected chi connectivity index (χ0v) is 11.0. The van der Waals surface area contributed by atoms with Crippen LogP contribution >= 0.6 is 0 Å². The lowest BCUT2D eigenvalue weighted by molar-refractivity contribution is -0.130. The minimum absolute atomic E-state index is 0.101. The van der Waals surface area contributed by atoms with Crippen LogP contribution in [0.1, 0.15) is 27.2 Å². The first kappa shape index (κ1) is 14.6. The predicted octanol–water partition coefficient (Wildman–Crippen LogP) is -0.379. The number of amides is 2. The van der Waals surface area contributed by atoms with Crippen LogP contribution in [0, 0.1) is 5.92 Å². The lowest BCUT2D eigenvalue weighted by Crippen LogP contribution is -2.48. The van der Waals surface area contributed by atoms with Gasteiger partial charge in [-0.2, -0.15) is 0 Å².